The van der Waals surface area contributed by atoms with Crippen LogP contribution in [0.5, 0.6) is 6.01 Å². The lowest BCUT2D eigenvalue weighted by molar-refractivity contribution is 0.132. The fraction of sp³-hybridized carbons (Fsp3) is 0.727. The van der Waals surface area contributed by atoms with Crippen molar-refractivity contribution in [1.82, 2.24) is 15.0 Å². The molecule has 2 N–H and O–H groups in total. The molecule has 0 spiro atoms. The third-order valence-electron chi connectivity index (χ3n) is 2.50. The predicted molar refractivity (Wildman–Crippen MR) is 70.0 cm³/mol. The van der Waals surface area contributed by atoms with Crippen LogP contribution in [0.15, 0.2) is 0 Å². The van der Waals surface area contributed by atoms with Crippen molar-refractivity contribution in [3.63, 3.8) is 0 Å². The maximum Gasteiger partial charge on any atom is 0.322 e. The Morgan fingerprint density at radius 2 is 2.06 bits per heavy atom. The van der Waals surface area contributed by atoms with Gasteiger partial charge in [-0.15, -0.1) is 0 Å². The number of hydrogen-bond donors (Lipinski definition) is 2. The fourth-order valence-corrected chi connectivity index (χ4v) is 1.19. The Morgan fingerprint density at radius 1 is 1.39 bits per heavy atom. The Bertz CT molecular complexity index is 399. The van der Waals surface area contributed by atoms with Crippen LogP contribution in [0.1, 0.15) is 34.1 Å². The highest BCUT2D eigenvalue weighted by atomic mass is 35.5. The molecule has 1 rings (SSSR count). The van der Waals surface area contributed by atoms with Crippen LogP contribution in [0.3, 0.4) is 0 Å². The van der Waals surface area contributed by atoms with E-state index < -0.39 is 11.6 Å². The quantitative estimate of drug-likeness (QED) is 0.824. The molecule has 1 unspecified atom stereocenters. The second-order valence-corrected chi connectivity index (χ2v) is 4.92. The number of anilines is 1. The molecular formula is C11H19ClN4O2. The molecular weight excluding hydrogens is 256 g/mol. The minimum atomic E-state index is -0.577. The average molecular weight is 275 g/mol. The molecule has 0 radical (unpaired) electrons. The molecule has 1 heterocycles. The molecule has 1 aromatic rings. The first-order valence-corrected chi connectivity index (χ1v) is 6.23. The van der Waals surface area contributed by atoms with Crippen molar-refractivity contribution in [2.75, 3.05) is 11.9 Å². The van der Waals surface area contributed by atoms with Gasteiger partial charge in [-0.3, -0.25) is 0 Å². The molecule has 102 valence electrons. The summed E-state index contributed by atoms with van der Waals surface area (Å²) in [5, 5.41) is 12.7. The van der Waals surface area contributed by atoms with Crippen molar-refractivity contribution in [2.24, 2.45) is 0 Å². The van der Waals surface area contributed by atoms with Crippen LogP contribution in [0.25, 0.3) is 0 Å². The highest BCUT2D eigenvalue weighted by Crippen LogP contribution is 2.18. The topological polar surface area (TPSA) is 80.2 Å². The van der Waals surface area contributed by atoms with Gasteiger partial charge >= 0.3 is 6.01 Å². The minimum absolute atomic E-state index is 0.0556. The van der Waals surface area contributed by atoms with Gasteiger partial charge in [-0.25, -0.2) is 0 Å². The lowest BCUT2D eigenvalue weighted by Crippen LogP contribution is -2.42. The van der Waals surface area contributed by atoms with E-state index in [-0.39, 0.29) is 17.2 Å². The van der Waals surface area contributed by atoms with E-state index in [4.69, 9.17) is 16.3 Å². The summed E-state index contributed by atoms with van der Waals surface area (Å²) < 4.78 is 5.30. The summed E-state index contributed by atoms with van der Waals surface area (Å²) in [5.74, 6) is 0.284. The molecule has 1 aromatic heterocycles. The van der Waals surface area contributed by atoms with E-state index in [1.807, 2.05) is 20.8 Å². The Balaban J connectivity index is 2.86. The summed E-state index contributed by atoms with van der Waals surface area (Å²) in [5.41, 5.74) is -0.577. The number of aliphatic hydroxyl groups excluding tert-OH is 1. The summed E-state index contributed by atoms with van der Waals surface area (Å²) in [6.45, 7) is 7.85. The Labute approximate surface area is 112 Å². The van der Waals surface area contributed by atoms with Crippen molar-refractivity contribution >= 4 is 17.5 Å². The molecule has 1 atom stereocenters. The van der Waals surface area contributed by atoms with Crippen molar-refractivity contribution in [3.05, 3.63) is 5.28 Å². The molecule has 0 saturated carbocycles. The molecule has 0 aliphatic rings. The Hall–Kier alpha value is -1.14. The third kappa shape index (κ3) is 4.27. The van der Waals surface area contributed by atoms with Gasteiger partial charge in [0, 0.05) is 0 Å². The molecule has 0 aliphatic carbocycles. The van der Waals surface area contributed by atoms with Gasteiger partial charge in [0.1, 0.15) is 0 Å². The molecule has 0 aromatic carbocycles. The number of rotatable bonds is 6. The van der Waals surface area contributed by atoms with Crippen LogP contribution in [-0.4, -0.2) is 38.3 Å². The van der Waals surface area contributed by atoms with Gasteiger partial charge in [0.2, 0.25) is 11.2 Å². The van der Waals surface area contributed by atoms with Crippen molar-refractivity contribution in [3.8, 4) is 6.01 Å². The van der Waals surface area contributed by atoms with Gasteiger partial charge in [0.25, 0.3) is 0 Å². The second-order valence-electron chi connectivity index (χ2n) is 4.58. The van der Waals surface area contributed by atoms with Gasteiger partial charge in [-0.2, -0.15) is 15.0 Å². The zero-order chi connectivity index (χ0) is 13.8. The van der Waals surface area contributed by atoms with Crippen molar-refractivity contribution < 1.29 is 9.84 Å². The van der Waals surface area contributed by atoms with Crippen LogP contribution in [0, 0.1) is 0 Å². The van der Waals surface area contributed by atoms with E-state index in [0.717, 1.165) is 6.42 Å². The SMILES string of the molecule is CCCOc1nc(Cl)nc(NC(C)(C)C(C)O)n1. The van der Waals surface area contributed by atoms with Crippen molar-refractivity contribution in [2.45, 2.75) is 45.8 Å². The number of aromatic nitrogens is 3. The van der Waals surface area contributed by atoms with Gasteiger partial charge < -0.3 is 15.2 Å². The first-order chi connectivity index (χ1) is 8.35. The maximum atomic E-state index is 9.62. The minimum Gasteiger partial charge on any atom is -0.463 e. The van der Waals surface area contributed by atoms with Gasteiger partial charge in [0.05, 0.1) is 18.2 Å². The molecule has 0 fully saturated rings. The molecule has 0 saturated heterocycles. The van der Waals surface area contributed by atoms with E-state index >= 15 is 0 Å². The van der Waals surface area contributed by atoms with E-state index in [9.17, 15) is 5.11 Å². The number of halogens is 1. The first-order valence-electron chi connectivity index (χ1n) is 5.85. The van der Waals surface area contributed by atoms with Gasteiger partial charge in [0.15, 0.2) is 0 Å². The predicted octanol–water partition coefficient (Wildman–Crippen LogP) is 1.89. The van der Waals surface area contributed by atoms with E-state index in [2.05, 4.69) is 20.3 Å². The van der Waals surface area contributed by atoms with Crippen LogP contribution < -0.4 is 10.1 Å². The molecule has 7 heteroatoms. The van der Waals surface area contributed by atoms with E-state index in [1.54, 1.807) is 6.92 Å². The summed E-state index contributed by atoms with van der Waals surface area (Å²) >= 11 is 5.79. The van der Waals surface area contributed by atoms with Crippen LogP contribution in [-0.2, 0) is 0 Å². The number of nitrogens with zero attached hydrogens (tertiary/aromatic N) is 3. The average Bonchev–Trinajstić information content (AvgIpc) is 2.24. The summed E-state index contributed by atoms with van der Waals surface area (Å²) in [6.07, 6.45) is 0.277. The largest absolute Gasteiger partial charge is 0.463 e. The van der Waals surface area contributed by atoms with Gasteiger partial charge in [-0.05, 0) is 38.8 Å². The zero-order valence-electron chi connectivity index (χ0n) is 11.1. The summed E-state index contributed by atoms with van der Waals surface area (Å²) in [7, 11) is 0. The normalized spacial score (nSPS) is 13.2. The molecule has 0 amide bonds. The van der Waals surface area contributed by atoms with E-state index in [1.165, 1.54) is 0 Å². The highest BCUT2D eigenvalue weighted by molar-refractivity contribution is 6.28. The highest BCUT2D eigenvalue weighted by Gasteiger charge is 2.25. The fourth-order valence-electron chi connectivity index (χ4n) is 1.04. The lowest BCUT2D eigenvalue weighted by Gasteiger charge is -2.29. The third-order valence-corrected chi connectivity index (χ3v) is 2.67. The van der Waals surface area contributed by atoms with Gasteiger partial charge in [-0.1, -0.05) is 6.92 Å². The lowest BCUT2D eigenvalue weighted by atomic mass is 9.99. The van der Waals surface area contributed by atoms with Crippen LogP contribution in [0.2, 0.25) is 5.28 Å². The summed E-state index contributed by atoms with van der Waals surface area (Å²) in [4.78, 5) is 11.9. The number of ether oxygens (including phenoxy) is 1. The van der Waals surface area contributed by atoms with Crippen LogP contribution in [0.4, 0.5) is 5.95 Å². The number of aliphatic hydroxyl groups is 1. The maximum absolute atomic E-state index is 9.62. The monoisotopic (exact) mass is 274 g/mol. The Morgan fingerprint density at radius 3 is 2.61 bits per heavy atom. The van der Waals surface area contributed by atoms with E-state index in [0.29, 0.717) is 6.61 Å². The summed E-state index contributed by atoms with van der Waals surface area (Å²) in [6, 6.07) is 0.181. The molecule has 18 heavy (non-hydrogen) atoms. The Kier molecular flexibility index (Phi) is 5.10. The standard InChI is InChI=1S/C11H19ClN4O2/c1-5-6-18-10-14-8(12)13-9(15-10)16-11(3,4)7(2)17/h7,17H,5-6H2,1-4H3,(H,13,14,15,16). The number of nitrogens with one attached hydrogen (secondary N) is 1. The molecule has 6 nitrogen and oxygen atoms in total. The van der Waals surface area contributed by atoms with Crippen LogP contribution >= 0.6 is 11.6 Å². The second kappa shape index (κ2) is 6.15. The smallest absolute Gasteiger partial charge is 0.322 e. The van der Waals surface area contributed by atoms with Crippen molar-refractivity contribution in [1.29, 1.82) is 0 Å². The first kappa shape index (κ1) is 14.9. The zero-order valence-corrected chi connectivity index (χ0v) is 11.8. The molecule has 0 aliphatic heterocycles. The molecule has 0 bridgehead atoms. The number of hydrogen-bond acceptors (Lipinski definition) is 6.